The van der Waals surface area contributed by atoms with Crippen LogP contribution in [-0.2, 0) is 4.74 Å². The summed E-state index contributed by atoms with van der Waals surface area (Å²) in [5.41, 5.74) is -0.0768. The normalized spacial score (nSPS) is 23.8. The number of rotatable bonds is 2. The first-order chi connectivity index (χ1) is 12.7. The Balaban J connectivity index is 1.50. The molecule has 0 unspecified atom stereocenters. The minimum Gasteiger partial charge on any atom is -0.434 e. The maximum Gasteiger partial charge on any atom is 0.427 e. The molecular formula is C17H26F3N3O4. The highest BCUT2D eigenvalue weighted by Gasteiger charge is 2.46. The van der Waals surface area contributed by atoms with Crippen LogP contribution in [0.2, 0.25) is 0 Å². The van der Waals surface area contributed by atoms with E-state index in [4.69, 9.17) is 5.11 Å². The van der Waals surface area contributed by atoms with Crippen LogP contribution in [0, 0.1) is 5.41 Å². The predicted octanol–water partition coefficient (Wildman–Crippen LogP) is 2.05. The van der Waals surface area contributed by atoms with Crippen molar-refractivity contribution in [2.75, 3.05) is 45.9 Å². The molecule has 0 aliphatic carbocycles. The van der Waals surface area contributed by atoms with Gasteiger partial charge in [0.05, 0.1) is 6.61 Å². The molecule has 3 aliphatic heterocycles. The Morgan fingerprint density at radius 2 is 1.52 bits per heavy atom. The van der Waals surface area contributed by atoms with E-state index in [-0.39, 0.29) is 11.4 Å². The summed E-state index contributed by atoms with van der Waals surface area (Å²) in [6, 6.07) is 0.0715. The fraction of sp³-hybridized carbons (Fsp3) is 0.882. The first-order valence-electron chi connectivity index (χ1n) is 9.41. The van der Waals surface area contributed by atoms with Crippen LogP contribution < -0.4 is 0 Å². The predicted molar refractivity (Wildman–Crippen MR) is 89.0 cm³/mol. The summed E-state index contributed by atoms with van der Waals surface area (Å²) in [5, 5.41) is 8.79. The van der Waals surface area contributed by atoms with Gasteiger partial charge in [0.1, 0.15) is 0 Å². The Kier molecular flexibility index (Phi) is 5.73. The number of likely N-dealkylation sites (tertiary alicyclic amines) is 3. The fourth-order valence-electron chi connectivity index (χ4n) is 4.18. The topological polar surface area (TPSA) is 73.3 Å². The number of alkyl halides is 3. The number of ether oxygens (including phenoxy) is 1. The van der Waals surface area contributed by atoms with Crippen molar-refractivity contribution in [2.24, 2.45) is 5.41 Å². The van der Waals surface area contributed by atoms with Gasteiger partial charge in [-0.15, -0.1) is 0 Å². The van der Waals surface area contributed by atoms with E-state index in [2.05, 4.69) is 4.74 Å². The number of aliphatic hydroxyl groups excluding tert-OH is 1. The van der Waals surface area contributed by atoms with Crippen molar-refractivity contribution in [1.29, 1.82) is 0 Å². The molecule has 1 N–H and O–H groups in total. The van der Waals surface area contributed by atoms with Crippen molar-refractivity contribution in [3.8, 4) is 0 Å². The molecule has 0 aromatic carbocycles. The van der Waals surface area contributed by atoms with Gasteiger partial charge < -0.3 is 24.5 Å². The Hall–Kier alpha value is -1.71. The number of urea groups is 1. The van der Waals surface area contributed by atoms with Gasteiger partial charge in [-0.3, -0.25) is 0 Å². The van der Waals surface area contributed by atoms with Crippen LogP contribution in [0.15, 0.2) is 0 Å². The van der Waals surface area contributed by atoms with Gasteiger partial charge in [-0.2, -0.15) is 13.2 Å². The highest BCUT2D eigenvalue weighted by atomic mass is 19.4. The summed E-state index contributed by atoms with van der Waals surface area (Å²) in [5.74, 6) is 0. The zero-order valence-corrected chi connectivity index (χ0v) is 15.2. The lowest BCUT2D eigenvalue weighted by molar-refractivity contribution is -0.215. The molecule has 3 rings (SSSR count). The summed E-state index contributed by atoms with van der Waals surface area (Å²) in [6.07, 6.45) is -4.17. The molecule has 0 bridgehead atoms. The van der Waals surface area contributed by atoms with Crippen LogP contribution in [-0.4, -0.2) is 90.1 Å². The van der Waals surface area contributed by atoms with Crippen LogP contribution in [0.4, 0.5) is 22.8 Å². The molecule has 10 heteroatoms. The zero-order valence-electron chi connectivity index (χ0n) is 15.2. The van der Waals surface area contributed by atoms with Crippen molar-refractivity contribution >= 4 is 12.1 Å². The number of halogens is 3. The Labute approximate surface area is 156 Å². The highest BCUT2D eigenvalue weighted by Crippen LogP contribution is 2.41. The molecule has 3 amide bonds. The molecule has 0 saturated carbocycles. The molecule has 3 saturated heterocycles. The van der Waals surface area contributed by atoms with Gasteiger partial charge in [0, 0.05) is 39.3 Å². The van der Waals surface area contributed by atoms with E-state index in [1.165, 1.54) is 4.90 Å². The van der Waals surface area contributed by atoms with Crippen molar-refractivity contribution in [1.82, 2.24) is 14.7 Å². The molecule has 0 radical (unpaired) electrons. The lowest BCUT2D eigenvalue weighted by Gasteiger charge is -2.39. The smallest absolute Gasteiger partial charge is 0.427 e. The van der Waals surface area contributed by atoms with E-state index in [9.17, 15) is 22.8 Å². The van der Waals surface area contributed by atoms with E-state index < -0.39 is 25.0 Å². The second-order valence-corrected chi connectivity index (χ2v) is 7.73. The summed E-state index contributed by atoms with van der Waals surface area (Å²) >= 11 is 0. The van der Waals surface area contributed by atoms with Crippen LogP contribution in [0.5, 0.6) is 0 Å². The van der Waals surface area contributed by atoms with E-state index in [0.717, 1.165) is 32.4 Å². The van der Waals surface area contributed by atoms with Crippen molar-refractivity contribution in [3.05, 3.63) is 0 Å². The van der Waals surface area contributed by atoms with E-state index in [1.54, 1.807) is 0 Å². The van der Waals surface area contributed by atoms with E-state index in [1.807, 2.05) is 9.80 Å². The molecular weight excluding hydrogens is 367 g/mol. The number of amides is 3. The summed E-state index contributed by atoms with van der Waals surface area (Å²) in [6.45, 7) is 2.20. The Bertz CT molecular complexity index is 558. The van der Waals surface area contributed by atoms with Gasteiger partial charge >= 0.3 is 18.3 Å². The number of piperidine rings is 1. The highest BCUT2D eigenvalue weighted by molar-refractivity contribution is 5.75. The molecule has 3 aliphatic rings. The molecule has 27 heavy (non-hydrogen) atoms. The molecule has 0 aromatic rings. The minimum absolute atomic E-state index is 0.0715. The first-order valence-corrected chi connectivity index (χ1v) is 9.41. The average Bonchev–Trinajstić information content (AvgIpc) is 3.29. The van der Waals surface area contributed by atoms with Crippen LogP contribution in [0.25, 0.3) is 0 Å². The van der Waals surface area contributed by atoms with Crippen LogP contribution in [0.3, 0.4) is 0 Å². The lowest BCUT2D eigenvalue weighted by Crippen LogP contribution is -2.48. The van der Waals surface area contributed by atoms with Gasteiger partial charge in [0.2, 0.25) is 6.10 Å². The first kappa shape index (κ1) is 20.0. The van der Waals surface area contributed by atoms with Crippen molar-refractivity contribution in [2.45, 2.75) is 44.4 Å². The molecule has 0 aromatic heterocycles. The van der Waals surface area contributed by atoms with Crippen LogP contribution >= 0.6 is 0 Å². The van der Waals surface area contributed by atoms with Gasteiger partial charge in [-0.05, 0) is 37.5 Å². The van der Waals surface area contributed by atoms with Crippen molar-refractivity contribution in [3.63, 3.8) is 0 Å². The van der Waals surface area contributed by atoms with Gasteiger partial charge in [0.25, 0.3) is 0 Å². The van der Waals surface area contributed by atoms with Crippen molar-refractivity contribution < 1.29 is 32.6 Å². The minimum atomic E-state index is -4.79. The van der Waals surface area contributed by atoms with Gasteiger partial charge in [-0.1, -0.05) is 0 Å². The van der Waals surface area contributed by atoms with Crippen LogP contribution in [0.1, 0.15) is 32.1 Å². The zero-order chi connectivity index (χ0) is 19.7. The molecule has 1 atom stereocenters. The maximum atomic E-state index is 12.6. The number of carbonyl (C=O) groups excluding carboxylic acids is 2. The van der Waals surface area contributed by atoms with Gasteiger partial charge in [-0.25, -0.2) is 9.59 Å². The maximum absolute atomic E-state index is 12.6. The SMILES string of the molecule is O=C(O[C@H](CO)C(F)(F)F)N1CCC2(CC1)CCN(C(=O)N1CCCC1)C2. The molecule has 7 nitrogen and oxygen atoms in total. The van der Waals surface area contributed by atoms with E-state index in [0.29, 0.717) is 39.0 Å². The second-order valence-electron chi connectivity index (χ2n) is 7.73. The molecule has 3 heterocycles. The molecule has 3 fully saturated rings. The lowest BCUT2D eigenvalue weighted by atomic mass is 9.78. The fourth-order valence-corrected chi connectivity index (χ4v) is 4.18. The number of aliphatic hydroxyl groups is 1. The third-order valence-corrected chi connectivity index (χ3v) is 5.94. The average molecular weight is 393 g/mol. The number of carbonyl (C=O) groups is 2. The molecule has 154 valence electrons. The summed E-state index contributed by atoms with van der Waals surface area (Å²) in [7, 11) is 0. The van der Waals surface area contributed by atoms with Gasteiger partial charge in [0.15, 0.2) is 0 Å². The monoisotopic (exact) mass is 393 g/mol. The van der Waals surface area contributed by atoms with E-state index >= 15 is 0 Å². The Morgan fingerprint density at radius 1 is 0.963 bits per heavy atom. The number of hydrogen-bond donors (Lipinski definition) is 1. The third kappa shape index (κ3) is 4.41. The number of nitrogens with zero attached hydrogens (tertiary/aromatic N) is 3. The third-order valence-electron chi connectivity index (χ3n) is 5.94. The standard InChI is InChI=1S/C17H26F3N3O4/c18-17(19,20)13(11-24)27-15(26)22-8-3-16(4-9-22)5-10-23(12-16)14(25)21-6-1-2-7-21/h13,24H,1-12H2/t13-/m1/s1. The summed E-state index contributed by atoms with van der Waals surface area (Å²) in [4.78, 5) is 29.5. The number of hydrogen-bond acceptors (Lipinski definition) is 4. The Morgan fingerprint density at radius 3 is 2.04 bits per heavy atom. The largest absolute Gasteiger partial charge is 0.434 e. The second kappa shape index (κ2) is 7.73. The molecule has 1 spiro atoms. The summed E-state index contributed by atoms with van der Waals surface area (Å²) < 4.78 is 42.3. The quantitative estimate of drug-likeness (QED) is 0.779.